The quantitative estimate of drug-likeness (QED) is 0.335. The van der Waals surface area contributed by atoms with Gasteiger partial charge in [-0.05, 0) is 67.3 Å². The Kier molecular flexibility index (Phi) is 10.2. The molecule has 2 unspecified atom stereocenters. The van der Waals surface area contributed by atoms with E-state index in [0.29, 0.717) is 37.7 Å². The van der Waals surface area contributed by atoms with Crippen LogP contribution in [0.25, 0.3) is 22.3 Å². The van der Waals surface area contributed by atoms with Gasteiger partial charge in [0, 0.05) is 70.0 Å². The summed E-state index contributed by atoms with van der Waals surface area (Å²) in [7, 11) is 0.365. The number of sulfonamides is 1. The molecule has 0 saturated carbocycles. The maximum atomic E-state index is 12.6. The number of rotatable bonds is 5. The molecule has 6 heterocycles. The third-order valence-electron chi connectivity index (χ3n) is 9.26. The standard InChI is InChI=1S/C18H28N4O3S.C17H26N4O/c1-18(2,3)12-22-15-9-8-14(19-16(15)20(4)17(22)23)13-7-6-10-21(11-13)26(5,24)25;1-17(2,3)11-21-14-8-7-13(12-6-5-9-18-10-12)19-15(14)20(4)16(21)22/h8-9,13H,6-7,10-12H2,1-5H3;7-8,12,18H,5-6,9-11H2,1-4H3. The highest BCUT2D eigenvalue weighted by Crippen LogP contribution is 2.29. The van der Waals surface area contributed by atoms with E-state index in [4.69, 9.17) is 9.97 Å². The molecule has 0 bridgehead atoms. The molecule has 0 spiro atoms. The molecule has 0 amide bonds. The fraction of sp³-hybridized carbons (Fsp3) is 0.657. The van der Waals surface area contributed by atoms with E-state index in [1.807, 2.05) is 23.7 Å². The number of hydrogen-bond acceptors (Lipinski definition) is 7. The first-order chi connectivity index (χ1) is 22.3. The summed E-state index contributed by atoms with van der Waals surface area (Å²) < 4.78 is 32.2. The molecule has 0 radical (unpaired) electrons. The van der Waals surface area contributed by atoms with E-state index >= 15 is 0 Å². The zero-order valence-electron chi connectivity index (χ0n) is 30.2. The van der Waals surface area contributed by atoms with E-state index in [9.17, 15) is 18.0 Å². The number of imidazole rings is 2. The van der Waals surface area contributed by atoms with Gasteiger partial charge in [-0.15, -0.1) is 0 Å². The molecule has 4 aromatic heterocycles. The van der Waals surface area contributed by atoms with E-state index < -0.39 is 10.0 Å². The molecule has 2 aliphatic heterocycles. The van der Waals surface area contributed by atoms with Gasteiger partial charge in [-0.3, -0.25) is 18.3 Å². The molecule has 1 N–H and O–H groups in total. The Labute approximate surface area is 284 Å². The van der Waals surface area contributed by atoms with Crippen LogP contribution >= 0.6 is 0 Å². The molecule has 12 nitrogen and oxygen atoms in total. The largest absolute Gasteiger partial charge is 0.330 e. The number of aromatic nitrogens is 6. The lowest BCUT2D eigenvalue weighted by Crippen LogP contribution is -2.38. The van der Waals surface area contributed by atoms with Gasteiger partial charge in [0.1, 0.15) is 0 Å². The maximum Gasteiger partial charge on any atom is 0.330 e. The van der Waals surface area contributed by atoms with Crippen LogP contribution in [-0.4, -0.2) is 73.4 Å². The SMILES string of the molecule is Cn1c(=O)n(CC(C)(C)C)c2ccc(C3CCCN(S(C)(=O)=O)C3)nc21.Cn1c(=O)n(CC(C)(C)C)c2ccc(C3CCCNC3)nc21. The van der Waals surface area contributed by atoms with Crippen LogP contribution in [0.5, 0.6) is 0 Å². The van der Waals surface area contributed by atoms with E-state index in [0.717, 1.165) is 54.0 Å². The van der Waals surface area contributed by atoms with Crippen molar-refractivity contribution in [3.8, 4) is 0 Å². The molecule has 0 aromatic carbocycles. The molecule has 2 saturated heterocycles. The van der Waals surface area contributed by atoms with Gasteiger partial charge in [-0.1, -0.05) is 41.5 Å². The lowest BCUT2D eigenvalue weighted by molar-refractivity contribution is 0.315. The van der Waals surface area contributed by atoms with Crippen molar-refractivity contribution in [2.75, 3.05) is 32.4 Å². The lowest BCUT2D eigenvalue weighted by atomic mass is 9.95. The van der Waals surface area contributed by atoms with Gasteiger partial charge in [0.2, 0.25) is 10.0 Å². The summed E-state index contributed by atoms with van der Waals surface area (Å²) in [6, 6.07) is 8.06. The fourth-order valence-corrected chi connectivity index (χ4v) is 7.79. The van der Waals surface area contributed by atoms with E-state index in [-0.39, 0.29) is 28.1 Å². The molecular formula is C35H54N8O4S. The summed E-state index contributed by atoms with van der Waals surface area (Å²) in [4.78, 5) is 34.7. The summed E-state index contributed by atoms with van der Waals surface area (Å²) >= 11 is 0. The average molecular weight is 683 g/mol. The van der Waals surface area contributed by atoms with E-state index in [2.05, 4.69) is 59.0 Å². The van der Waals surface area contributed by atoms with Crippen LogP contribution < -0.4 is 16.7 Å². The highest BCUT2D eigenvalue weighted by Gasteiger charge is 2.29. The number of pyridine rings is 2. The summed E-state index contributed by atoms with van der Waals surface area (Å²) in [6.45, 7) is 17.2. The third-order valence-corrected chi connectivity index (χ3v) is 10.5. The zero-order valence-corrected chi connectivity index (χ0v) is 31.0. The molecule has 0 aliphatic carbocycles. The molecule has 4 aromatic rings. The van der Waals surface area contributed by atoms with Crippen molar-refractivity contribution >= 4 is 32.4 Å². The molecule has 2 aliphatic rings. The van der Waals surface area contributed by atoms with Gasteiger partial charge in [0.05, 0.1) is 17.3 Å². The second-order valence-electron chi connectivity index (χ2n) is 16.1. The van der Waals surface area contributed by atoms with E-state index in [1.165, 1.54) is 23.4 Å². The smallest absolute Gasteiger partial charge is 0.316 e. The van der Waals surface area contributed by atoms with Crippen molar-refractivity contribution < 1.29 is 8.42 Å². The van der Waals surface area contributed by atoms with Crippen molar-refractivity contribution in [1.29, 1.82) is 0 Å². The second-order valence-corrected chi connectivity index (χ2v) is 18.1. The van der Waals surface area contributed by atoms with Gasteiger partial charge in [-0.25, -0.2) is 32.3 Å². The lowest BCUT2D eigenvalue weighted by Gasteiger charge is -2.30. The predicted octanol–water partition coefficient (Wildman–Crippen LogP) is 4.17. The number of fused-ring (bicyclic) bond motifs is 2. The number of piperidine rings is 2. The minimum Gasteiger partial charge on any atom is -0.316 e. The van der Waals surface area contributed by atoms with Gasteiger partial charge >= 0.3 is 11.4 Å². The zero-order chi connectivity index (χ0) is 35.2. The van der Waals surface area contributed by atoms with Crippen LogP contribution in [0.3, 0.4) is 0 Å². The monoisotopic (exact) mass is 682 g/mol. The summed E-state index contributed by atoms with van der Waals surface area (Å²) in [5.41, 5.74) is 5.18. The molecule has 2 fully saturated rings. The Morgan fingerprint density at radius 1 is 0.771 bits per heavy atom. The van der Waals surface area contributed by atoms with Crippen LogP contribution in [0.2, 0.25) is 0 Å². The molecule has 2 atom stereocenters. The van der Waals surface area contributed by atoms with Crippen LogP contribution in [0, 0.1) is 10.8 Å². The maximum absolute atomic E-state index is 12.6. The highest BCUT2D eigenvalue weighted by molar-refractivity contribution is 7.88. The number of hydrogen-bond donors (Lipinski definition) is 1. The third kappa shape index (κ3) is 7.94. The fourth-order valence-electron chi connectivity index (χ4n) is 6.87. The Morgan fingerprint density at radius 2 is 1.25 bits per heavy atom. The van der Waals surface area contributed by atoms with Crippen molar-refractivity contribution in [1.82, 2.24) is 37.9 Å². The van der Waals surface area contributed by atoms with Gasteiger partial charge < -0.3 is 5.32 Å². The predicted molar refractivity (Wildman–Crippen MR) is 192 cm³/mol. The topological polar surface area (TPSA) is 129 Å². The van der Waals surface area contributed by atoms with Crippen LogP contribution in [0.15, 0.2) is 33.9 Å². The van der Waals surface area contributed by atoms with Crippen LogP contribution in [0.1, 0.15) is 90.4 Å². The Morgan fingerprint density at radius 3 is 1.69 bits per heavy atom. The van der Waals surface area contributed by atoms with Crippen molar-refractivity contribution in [2.24, 2.45) is 24.9 Å². The summed E-state index contributed by atoms with van der Waals surface area (Å²) in [5.74, 6) is 0.517. The van der Waals surface area contributed by atoms with Gasteiger partial charge in [-0.2, -0.15) is 0 Å². The van der Waals surface area contributed by atoms with Crippen LogP contribution in [-0.2, 0) is 37.2 Å². The highest BCUT2D eigenvalue weighted by atomic mass is 32.2. The first kappa shape index (κ1) is 36.0. The van der Waals surface area contributed by atoms with Gasteiger partial charge in [0.25, 0.3) is 0 Å². The Hall–Kier alpha value is -3.29. The number of nitrogens with one attached hydrogen (secondary N) is 1. The second kappa shape index (κ2) is 13.5. The summed E-state index contributed by atoms with van der Waals surface area (Å²) in [6.07, 6.45) is 5.33. The normalized spacial score (nSPS) is 19.9. The Balaban J connectivity index is 0.000000190. The van der Waals surface area contributed by atoms with Crippen molar-refractivity contribution in [2.45, 2.75) is 92.2 Å². The minimum atomic E-state index is -3.19. The van der Waals surface area contributed by atoms with Gasteiger partial charge in [0.15, 0.2) is 11.3 Å². The first-order valence-corrected chi connectivity index (χ1v) is 19.0. The van der Waals surface area contributed by atoms with Crippen LogP contribution in [0.4, 0.5) is 0 Å². The first-order valence-electron chi connectivity index (χ1n) is 17.1. The summed E-state index contributed by atoms with van der Waals surface area (Å²) in [5, 5.41) is 3.43. The Bertz CT molecular complexity index is 2000. The van der Waals surface area contributed by atoms with Crippen molar-refractivity contribution in [3.05, 3.63) is 56.6 Å². The average Bonchev–Trinajstić information content (AvgIpc) is 3.39. The number of aryl methyl sites for hydroxylation is 2. The molecule has 264 valence electrons. The molecule has 13 heteroatoms. The molecule has 6 rings (SSSR count). The molecular weight excluding hydrogens is 629 g/mol. The van der Waals surface area contributed by atoms with Crippen molar-refractivity contribution in [3.63, 3.8) is 0 Å². The molecule has 48 heavy (non-hydrogen) atoms. The van der Waals surface area contributed by atoms with E-state index in [1.54, 1.807) is 20.7 Å². The minimum absolute atomic E-state index is 0.0177. The number of nitrogens with zero attached hydrogens (tertiary/aromatic N) is 7.